The molecule has 3 rings (SSSR count). The molecule has 0 atom stereocenters. The molecule has 0 saturated heterocycles. The van der Waals surface area contributed by atoms with Crippen LogP contribution in [0.2, 0.25) is 0 Å². The van der Waals surface area contributed by atoms with E-state index in [1.807, 2.05) is 0 Å². The van der Waals surface area contributed by atoms with Crippen LogP contribution in [0.4, 0.5) is 0 Å². The highest BCUT2D eigenvalue weighted by Gasteiger charge is 1.72. The summed E-state index contributed by atoms with van der Waals surface area (Å²) in [4.78, 5) is 33.1. The Morgan fingerprint density at radius 3 is 1.86 bits per heavy atom. The van der Waals surface area contributed by atoms with Crippen molar-refractivity contribution >= 4 is 0 Å². The molecule has 0 aliphatic heterocycles. The normalized spacial score (nSPS) is 8.57. The number of rotatable bonds is 0. The standard InChI is InChI=1S/C5H5NO.C5H4O2.C4H4N2O/c7-5-3-1-2-4-6-5;6-5-1-3-7-4-2-5;7-4-2-1-3-5-6-4/h1-4H,(H,6,7);1-4H;1-3H,(H,6,7). The highest BCUT2D eigenvalue weighted by molar-refractivity contribution is 4.89. The van der Waals surface area contributed by atoms with E-state index in [1.165, 1.54) is 43.0 Å². The quantitative estimate of drug-likeness (QED) is 0.635. The Kier molecular flexibility index (Phi) is 7.30. The Balaban J connectivity index is 0.000000157. The van der Waals surface area contributed by atoms with Crippen LogP contribution in [0, 0.1) is 0 Å². The van der Waals surface area contributed by atoms with Gasteiger partial charge in [-0.15, -0.1) is 0 Å². The van der Waals surface area contributed by atoms with Crippen LogP contribution >= 0.6 is 0 Å². The van der Waals surface area contributed by atoms with Gasteiger partial charge in [0.05, 0.1) is 12.5 Å². The summed E-state index contributed by atoms with van der Waals surface area (Å²) in [5, 5.41) is 5.67. The Morgan fingerprint density at radius 1 is 0.857 bits per heavy atom. The number of pyridine rings is 1. The summed E-state index contributed by atoms with van der Waals surface area (Å²) in [5.74, 6) is 0. The highest BCUT2D eigenvalue weighted by Crippen LogP contribution is 1.72. The second-order valence-corrected chi connectivity index (χ2v) is 3.48. The summed E-state index contributed by atoms with van der Waals surface area (Å²) in [6.45, 7) is 0. The van der Waals surface area contributed by atoms with Gasteiger partial charge >= 0.3 is 0 Å². The highest BCUT2D eigenvalue weighted by atomic mass is 16.3. The monoisotopic (exact) mass is 287 g/mol. The van der Waals surface area contributed by atoms with Crippen molar-refractivity contribution in [3.63, 3.8) is 0 Å². The lowest BCUT2D eigenvalue weighted by molar-refractivity contribution is 0.548. The minimum atomic E-state index is -0.164. The first-order valence-electron chi connectivity index (χ1n) is 5.84. The van der Waals surface area contributed by atoms with Crippen LogP contribution in [0.1, 0.15) is 0 Å². The summed E-state index contributed by atoms with van der Waals surface area (Å²) in [6, 6.07) is 10.6. The maximum Gasteiger partial charge on any atom is 0.264 e. The van der Waals surface area contributed by atoms with E-state index in [2.05, 4.69) is 19.6 Å². The van der Waals surface area contributed by atoms with Crippen molar-refractivity contribution in [2.75, 3.05) is 0 Å². The van der Waals surface area contributed by atoms with Crippen LogP contribution in [0.15, 0.2) is 86.2 Å². The number of aromatic amines is 2. The molecule has 0 spiro atoms. The van der Waals surface area contributed by atoms with Gasteiger partial charge in [-0.3, -0.25) is 14.4 Å². The summed E-state index contributed by atoms with van der Waals surface area (Å²) < 4.78 is 4.56. The minimum absolute atomic E-state index is 0.0220. The summed E-state index contributed by atoms with van der Waals surface area (Å²) in [5.41, 5.74) is -0.240. The Bertz CT molecular complexity index is 632. The first-order valence-corrected chi connectivity index (χ1v) is 5.84. The number of aromatic nitrogens is 3. The van der Waals surface area contributed by atoms with Crippen molar-refractivity contribution in [2.24, 2.45) is 0 Å². The number of H-pyrrole nitrogens is 2. The molecule has 0 saturated carbocycles. The van der Waals surface area contributed by atoms with E-state index in [4.69, 9.17) is 0 Å². The van der Waals surface area contributed by atoms with Crippen LogP contribution in [0.25, 0.3) is 0 Å². The zero-order chi connectivity index (χ0) is 15.3. The van der Waals surface area contributed by atoms with Crippen LogP contribution in [-0.2, 0) is 0 Å². The van der Waals surface area contributed by atoms with Crippen LogP contribution in [0.3, 0.4) is 0 Å². The van der Waals surface area contributed by atoms with Gasteiger partial charge in [-0.25, -0.2) is 5.10 Å². The van der Waals surface area contributed by atoms with Crippen molar-refractivity contribution in [1.82, 2.24) is 15.2 Å². The van der Waals surface area contributed by atoms with Gasteiger partial charge in [0.15, 0.2) is 5.43 Å². The third-order valence-corrected chi connectivity index (χ3v) is 1.89. The molecule has 0 aliphatic rings. The van der Waals surface area contributed by atoms with Crippen molar-refractivity contribution in [1.29, 1.82) is 0 Å². The van der Waals surface area contributed by atoms with Crippen molar-refractivity contribution < 1.29 is 4.42 Å². The summed E-state index contributed by atoms with van der Waals surface area (Å²) in [6.07, 6.45) is 5.81. The topological polar surface area (TPSA) is 109 Å². The van der Waals surface area contributed by atoms with E-state index < -0.39 is 0 Å². The van der Waals surface area contributed by atoms with Gasteiger partial charge in [-0.1, -0.05) is 6.07 Å². The van der Waals surface area contributed by atoms with E-state index in [9.17, 15) is 14.4 Å². The van der Waals surface area contributed by atoms with Gasteiger partial charge in [0, 0.05) is 36.7 Å². The van der Waals surface area contributed by atoms with E-state index in [0.29, 0.717) is 0 Å². The molecular weight excluding hydrogens is 274 g/mol. The van der Waals surface area contributed by atoms with Crippen LogP contribution in [-0.4, -0.2) is 15.2 Å². The molecule has 3 aromatic rings. The molecule has 0 aromatic carbocycles. The van der Waals surface area contributed by atoms with Gasteiger partial charge in [-0.05, 0) is 12.1 Å². The Morgan fingerprint density at radius 2 is 1.57 bits per heavy atom. The molecule has 7 nitrogen and oxygen atoms in total. The predicted molar refractivity (Wildman–Crippen MR) is 76.9 cm³/mol. The lowest BCUT2D eigenvalue weighted by Gasteiger charge is -1.73. The van der Waals surface area contributed by atoms with Crippen LogP contribution in [0.5, 0.6) is 0 Å². The average molecular weight is 287 g/mol. The predicted octanol–water partition coefficient (Wildman–Crippen LogP) is 0.785. The second kappa shape index (κ2) is 9.68. The molecule has 7 heteroatoms. The summed E-state index contributed by atoms with van der Waals surface area (Å²) in [7, 11) is 0. The SMILES string of the molecule is O=c1cccc[nH]1.O=c1cccn[nH]1.O=c1ccocc1. The van der Waals surface area contributed by atoms with Gasteiger partial charge in [0.25, 0.3) is 5.56 Å². The fraction of sp³-hybridized carbons (Fsp3) is 0. The molecule has 0 aliphatic carbocycles. The third-order valence-electron chi connectivity index (χ3n) is 1.89. The largest absolute Gasteiger partial charge is 0.472 e. The van der Waals surface area contributed by atoms with Gasteiger partial charge in [0.1, 0.15) is 0 Å². The maximum absolute atomic E-state index is 10.2. The number of hydrogen-bond donors (Lipinski definition) is 2. The zero-order valence-electron chi connectivity index (χ0n) is 10.9. The second-order valence-electron chi connectivity index (χ2n) is 3.48. The molecule has 0 amide bonds. The average Bonchev–Trinajstić information content (AvgIpc) is 2.51. The number of nitrogens with one attached hydrogen (secondary N) is 2. The van der Waals surface area contributed by atoms with Crippen molar-refractivity contribution in [3.8, 4) is 0 Å². The summed E-state index contributed by atoms with van der Waals surface area (Å²) >= 11 is 0. The van der Waals surface area contributed by atoms with E-state index in [0.717, 1.165) is 0 Å². The molecule has 0 unspecified atom stereocenters. The minimum Gasteiger partial charge on any atom is -0.472 e. The van der Waals surface area contributed by atoms with Gasteiger partial charge < -0.3 is 9.40 Å². The molecular formula is C14H13N3O4. The van der Waals surface area contributed by atoms with Gasteiger partial charge in [-0.2, -0.15) is 5.10 Å². The Hall–Kier alpha value is -3.22. The molecule has 0 bridgehead atoms. The fourth-order valence-electron chi connectivity index (χ4n) is 1.00. The van der Waals surface area contributed by atoms with Crippen molar-refractivity contribution in [3.05, 3.63) is 98.3 Å². The van der Waals surface area contributed by atoms with E-state index in [1.54, 1.807) is 24.4 Å². The maximum atomic E-state index is 10.2. The molecule has 21 heavy (non-hydrogen) atoms. The van der Waals surface area contributed by atoms with Gasteiger partial charge in [0.2, 0.25) is 5.56 Å². The number of nitrogens with zero attached hydrogens (tertiary/aromatic N) is 1. The number of hydrogen-bond acceptors (Lipinski definition) is 5. The first-order chi connectivity index (χ1) is 10.2. The smallest absolute Gasteiger partial charge is 0.264 e. The van der Waals surface area contributed by atoms with Crippen LogP contribution < -0.4 is 16.5 Å². The lowest BCUT2D eigenvalue weighted by Crippen LogP contribution is -2.02. The van der Waals surface area contributed by atoms with Crippen molar-refractivity contribution in [2.45, 2.75) is 0 Å². The molecule has 2 N–H and O–H groups in total. The Labute approximate surface area is 118 Å². The molecule has 0 radical (unpaired) electrons. The molecule has 3 heterocycles. The molecule has 3 aromatic heterocycles. The molecule has 108 valence electrons. The lowest BCUT2D eigenvalue weighted by atomic mass is 10.5. The third kappa shape index (κ3) is 8.49. The van der Waals surface area contributed by atoms with E-state index in [-0.39, 0.29) is 16.5 Å². The fourth-order valence-corrected chi connectivity index (χ4v) is 1.00. The zero-order valence-corrected chi connectivity index (χ0v) is 10.9. The first kappa shape index (κ1) is 15.8. The molecule has 0 fully saturated rings. The van der Waals surface area contributed by atoms with E-state index >= 15 is 0 Å².